The van der Waals surface area contributed by atoms with E-state index in [4.69, 9.17) is 27.9 Å². The SMILES string of the molecule is CC1COC(CCl)CN1C(=O)c1ccc(Cl)c(Br)c1. The normalized spacial score (nSPS) is 23.5. The number of alkyl halides is 1. The zero-order valence-electron chi connectivity index (χ0n) is 10.4. The van der Waals surface area contributed by atoms with Gasteiger partial charge in [0.1, 0.15) is 0 Å². The fourth-order valence-electron chi connectivity index (χ4n) is 1.99. The zero-order valence-corrected chi connectivity index (χ0v) is 13.5. The molecule has 3 nitrogen and oxygen atoms in total. The summed E-state index contributed by atoms with van der Waals surface area (Å²) in [4.78, 5) is 14.3. The lowest BCUT2D eigenvalue weighted by atomic mass is 10.1. The maximum atomic E-state index is 12.5. The van der Waals surface area contributed by atoms with Crippen molar-refractivity contribution in [1.82, 2.24) is 4.90 Å². The largest absolute Gasteiger partial charge is 0.373 e. The molecule has 0 saturated carbocycles. The van der Waals surface area contributed by atoms with Crippen molar-refractivity contribution in [1.29, 1.82) is 0 Å². The van der Waals surface area contributed by atoms with Crippen molar-refractivity contribution in [3.63, 3.8) is 0 Å². The Morgan fingerprint density at radius 3 is 2.95 bits per heavy atom. The second-order valence-electron chi connectivity index (χ2n) is 4.55. The summed E-state index contributed by atoms with van der Waals surface area (Å²) in [7, 11) is 0. The number of benzene rings is 1. The predicted octanol–water partition coefficient (Wildman–Crippen LogP) is 3.57. The Morgan fingerprint density at radius 2 is 2.32 bits per heavy atom. The number of halogens is 3. The molecule has 0 aliphatic carbocycles. The highest BCUT2D eigenvalue weighted by atomic mass is 79.9. The lowest BCUT2D eigenvalue weighted by Crippen LogP contribution is -2.51. The van der Waals surface area contributed by atoms with Gasteiger partial charge in [-0.3, -0.25) is 4.79 Å². The maximum Gasteiger partial charge on any atom is 0.254 e. The summed E-state index contributed by atoms with van der Waals surface area (Å²) in [5, 5.41) is 0.588. The summed E-state index contributed by atoms with van der Waals surface area (Å²) in [5.41, 5.74) is 0.610. The number of rotatable bonds is 2. The van der Waals surface area contributed by atoms with E-state index >= 15 is 0 Å². The average molecular weight is 367 g/mol. The van der Waals surface area contributed by atoms with Crippen molar-refractivity contribution in [2.45, 2.75) is 19.1 Å². The fourth-order valence-corrected chi connectivity index (χ4v) is 2.67. The van der Waals surface area contributed by atoms with E-state index in [1.165, 1.54) is 0 Å². The van der Waals surface area contributed by atoms with E-state index in [-0.39, 0.29) is 18.1 Å². The van der Waals surface area contributed by atoms with Gasteiger partial charge in [0.2, 0.25) is 0 Å². The summed E-state index contributed by atoms with van der Waals surface area (Å²) < 4.78 is 6.26. The Kier molecular flexibility index (Phi) is 5.12. The molecule has 1 heterocycles. The van der Waals surface area contributed by atoms with Gasteiger partial charge >= 0.3 is 0 Å². The van der Waals surface area contributed by atoms with E-state index in [0.29, 0.717) is 29.6 Å². The van der Waals surface area contributed by atoms with E-state index in [1.54, 1.807) is 23.1 Å². The number of amides is 1. The molecule has 0 radical (unpaired) electrons. The number of ether oxygens (including phenoxy) is 1. The number of hydrogen-bond donors (Lipinski definition) is 0. The Morgan fingerprint density at radius 1 is 1.58 bits per heavy atom. The molecule has 0 spiro atoms. The molecule has 1 saturated heterocycles. The van der Waals surface area contributed by atoms with Gasteiger partial charge in [0.15, 0.2) is 0 Å². The van der Waals surface area contributed by atoms with Crippen molar-refractivity contribution >= 4 is 45.0 Å². The van der Waals surface area contributed by atoms with Crippen molar-refractivity contribution in [3.8, 4) is 0 Å². The van der Waals surface area contributed by atoms with Gasteiger partial charge < -0.3 is 9.64 Å². The first-order valence-electron chi connectivity index (χ1n) is 5.96. The number of carbonyl (C=O) groups excluding carboxylic acids is 1. The molecule has 0 aromatic heterocycles. The van der Waals surface area contributed by atoms with Crippen molar-refractivity contribution < 1.29 is 9.53 Å². The van der Waals surface area contributed by atoms with Crippen LogP contribution >= 0.6 is 39.1 Å². The molecule has 0 N–H and O–H groups in total. The molecule has 2 rings (SSSR count). The van der Waals surface area contributed by atoms with Crippen LogP contribution in [0.2, 0.25) is 5.02 Å². The van der Waals surface area contributed by atoms with Crippen LogP contribution in [0.3, 0.4) is 0 Å². The van der Waals surface area contributed by atoms with Gasteiger partial charge in [-0.25, -0.2) is 0 Å². The molecule has 104 valence electrons. The highest BCUT2D eigenvalue weighted by Crippen LogP contribution is 2.25. The Hall–Kier alpha value is -0.290. The average Bonchev–Trinajstić information content (AvgIpc) is 2.41. The van der Waals surface area contributed by atoms with Crippen LogP contribution in [0.5, 0.6) is 0 Å². The Bertz CT molecular complexity index is 484. The van der Waals surface area contributed by atoms with Gasteiger partial charge in [-0.15, -0.1) is 11.6 Å². The van der Waals surface area contributed by atoms with Crippen LogP contribution in [-0.2, 0) is 4.74 Å². The third kappa shape index (κ3) is 3.43. The van der Waals surface area contributed by atoms with E-state index in [2.05, 4.69) is 15.9 Å². The van der Waals surface area contributed by atoms with E-state index in [1.807, 2.05) is 6.92 Å². The summed E-state index contributed by atoms with van der Waals surface area (Å²) in [6.45, 7) is 2.99. The maximum absolute atomic E-state index is 12.5. The summed E-state index contributed by atoms with van der Waals surface area (Å²) in [6, 6.07) is 5.22. The summed E-state index contributed by atoms with van der Waals surface area (Å²) in [6.07, 6.45) is -0.0995. The number of carbonyl (C=O) groups is 1. The quantitative estimate of drug-likeness (QED) is 0.749. The van der Waals surface area contributed by atoms with Crippen LogP contribution in [0.1, 0.15) is 17.3 Å². The van der Waals surface area contributed by atoms with Crippen LogP contribution in [0.4, 0.5) is 0 Å². The third-order valence-corrected chi connectivity index (χ3v) is 4.66. The van der Waals surface area contributed by atoms with Crippen LogP contribution in [0.25, 0.3) is 0 Å². The molecule has 19 heavy (non-hydrogen) atoms. The van der Waals surface area contributed by atoms with Gasteiger partial charge in [0, 0.05) is 16.6 Å². The second kappa shape index (κ2) is 6.44. The molecule has 2 atom stereocenters. The van der Waals surface area contributed by atoms with Gasteiger partial charge in [0.25, 0.3) is 5.91 Å². The molecule has 1 fully saturated rings. The topological polar surface area (TPSA) is 29.5 Å². The second-order valence-corrected chi connectivity index (χ2v) is 6.12. The molecule has 2 unspecified atom stereocenters. The Labute approximate surface area is 130 Å². The molecule has 1 aromatic carbocycles. The van der Waals surface area contributed by atoms with Crippen LogP contribution < -0.4 is 0 Å². The highest BCUT2D eigenvalue weighted by Gasteiger charge is 2.29. The lowest BCUT2D eigenvalue weighted by molar-refractivity contribution is -0.0371. The standard InChI is InChI=1S/C13H14BrCl2NO2/c1-8-7-19-10(5-15)6-17(8)13(18)9-2-3-12(16)11(14)4-9/h2-4,8,10H,5-7H2,1H3. The predicted molar refractivity (Wildman–Crippen MR) is 80.1 cm³/mol. The fraction of sp³-hybridized carbons (Fsp3) is 0.462. The van der Waals surface area contributed by atoms with E-state index in [0.717, 1.165) is 4.47 Å². The molecule has 1 aromatic rings. The van der Waals surface area contributed by atoms with Gasteiger partial charge in [-0.2, -0.15) is 0 Å². The first-order chi connectivity index (χ1) is 9.02. The van der Waals surface area contributed by atoms with Crippen LogP contribution in [0, 0.1) is 0 Å². The lowest BCUT2D eigenvalue weighted by Gasteiger charge is -2.37. The first-order valence-corrected chi connectivity index (χ1v) is 7.67. The Balaban J connectivity index is 2.19. The van der Waals surface area contributed by atoms with Gasteiger partial charge in [0.05, 0.1) is 29.7 Å². The monoisotopic (exact) mass is 365 g/mol. The smallest absolute Gasteiger partial charge is 0.254 e. The van der Waals surface area contributed by atoms with Crippen molar-refractivity contribution in [2.75, 3.05) is 19.0 Å². The van der Waals surface area contributed by atoms with Gasteiger partial charge in [-0.1, -0.05) is 11.6 Å². The third-order valence-electron chi connectivity index (χ3n) is 3.11. The molecule has 1 aliphatic heterocycles. The summed E-state index contributed by atoms with van der Waals surface area (Å²) in [5.74, 6) is 0.365. The molecular formula is C13H14BrCl2NO2. The first kappa shape index (κ1) is 15.1. The minimum atomic E-state index is -0.0995. The zero-order chi connectivity index (χ0) is 14.0. The van der Waals surface area contributed by atoms with Crippen LogP contribution in [0.15, 0.2) is 22.7 Å². The van der Waals surface area contributed by atoms with Crippen LogP contribution in [-0.4, -0.2) is 42.0 Å². The molecule has 6 heteroatoms. The van der Waals surface area contributed by atoms with Crippen molar-refractivity contribution in [2.24, 2.45) is 0 Å². The molecule has 0 bridgehead atoms. The molecule has 1 aliphatic rings. The number of morpholine rings is 1. The minimum Gasteiger partial charge on any atom is -0.373 e. The van der Waals surface area contributed by atoms with Gasteiger partial charge in [-0.05, 0) is 41.1 Å². The van der Waals surface area contributed by atoms with E-state index in [9.17, 15) is 4.79 Å². The van der Waals surface area contributed by atoms with Crippen molar-refractivity contribution in [3.05, 3.63) is 33.3 Å². The minimum absolute atomic E-state index is 0.0247. The molecule has 1 amide bonds. The van der Waals surface area contributed by atoms with E-state index < -0.39 is 0 Å². The molecular weight excluding hydrogens is 353 g/mol. The highest BCUT2D eigenvalue weighted by molar-refractivity contribution is 9.10. The summed E-state index contributed by atoms with van der Waals surface area (Å²) >= 11 is 15.1. The number of nitrogens with zero attached hydrogens (tertiary/aromatic N) is 1. The number of hydrogen-bond acceptors (Lipinski definition) is 2.